The predicted octanol–water partition coefficient (Wildman–Crippen LogP) is 3.14. The van der Waals surface area contributed by atoms with Crippen LogP contribution in [-0.2, 0) is 4.74 Å². The van der Waals surface area contributed by atoms with Gasteiger partial charge in [-0.3, -0.25) is 10.1 Å². The topological polar surface area (TPSA) is 59.8 Å². The summed E-state index contributed by atoms with van der Waals surface area (Å²) in [5.41, 5.74) is 0.426. The smallest absolute Gasteiger partial charge is 0.412 e. The van der Waals surface area contributed by atoms with Crippen LogP contribution in [0.15, 0.2) is 24.3 Å². The van der Waals surface area contributed by atoms with Crippen molar-refractivity contribution in [1.82, 2.24) is 0 Å². The Bertz CT molecular complexity index is 507. The van der Waals surface area contributed by atoms with E-state index in [4.69, 9.17) is 11.3 Å². The van der Waals surface area contributed by atoms with E-state index in [0.717, 1.165) is 0 Å². The Morgan fingerprint density at radius 2 is 1.84 bits per heavy atom. The summed E-state index contributed by atoms with van der Waals surface area (Å²) in [7, 11) is 0. The molecule has 0 atom stereocenters. The van der Waals surface area contributed by atoms with Crippen molar-refractivity contribution < 1.29 is 14.3 Å². The largest absolute Gasteiger partial charge is 0.444 e. The van der Waals surface area contributed by atoms with Gasteiger partial charge < -0.3 is 9.58 Å². The minimum atomic E-state index is -0.560. The molecule has 100 valence electrons. The number of Topliss-reactive ketones (excluding diaryl/α,β-unsaturated/α-hetero) is 1. The molecule has 0 spiro atoms. The highest BCUT2D eigenvalue weighted by Crippen LogP contribution is 2.13. The molecule has 0 radical (unpaired) electrons. The summed E-state index contributed by atoms with van der Waals surface area (Å²) in [6.07, 6.45) is -0.548. The van der Waals surface area contributed by atoms with Gasteiger partial charge in [0.05, 0.1) is 0 Å². The highest BCUT2D eigenvalue weighted by molar-refractivity contribution is 5.99. The van der Waals surface area contributed by atoms with Crippen LogP contribution in [0.2, 0.25) is 0 Å². The van der Waals surface area contributed by atoms with E-state index in [-0.39, 0.29) is 12.3 Å². The second-order valence-corrected chi connectivity index (χ2v) is 4.94. The van der Waals surface area contributed by atoms with Crippen molar-refractivity contribution in [2.45, 2.75) is 26.4 Å². The summed E-state index contributed by atoms with van der Waals surface area (Å²) in [4.78, 5) is 26.0. The number of hydrogen-bond donors (Lipinski definition) is 1. The van der Waals surface area contributed by atoms with Gasteiger partial charge in [0.1, 0.15) is 5.60 Å². The number of ether oxygens (including phenoxy) is 1. The molecule has 19 heavy (non-hydrogen) atoms. The monoisotopic (exact) mass is 260 g/mol. The first-order chi connectivity index (χ1) is 8.81. The third kappa shape index (κ3) is 5.21. The van der Waals surface area contributed by atoms with Gasteiger partial charge in [0.2, 0.25) is 5.78 Å². The molecule has 1 amide bonds. The predicted molar refractivity (Wildman–Crippen MR) is 72.1 cm³/mol. The average Bonchev–Trinajstić information content (AvgIpc) is 2.27. The van der Waals surface area contributed by atoms with Gasteiger partial charge >= 0.3 is 6.09 Å². The van der Waals surface area contributed by atoms with E-state index in [1.54, 1.807) is 45.0 Å². The summed E-state index contributed by atoms with van der Waals surface area (Å²) in [6, 6.07) is 6.34. The van der Waals surface area contributed by atoms with Gasteiger partial charge in [0.25, 0.3) is 6.54 Å². The summed E-state index contributed by atoms with van der Waals surface area (Å²) < 4.78 is 5.10. The molecule has 5 nitrogen and oxygen atoms in total. The van der Waals surface area contributed by atoms with Crippen LogP contribution in [0.25, 0.3) is 4.85 Å². The SMILES string of the molecule is [C-]#[N+]CC(=O)c1ccc(NC(=O)OC(C)(C)C)cc1. The lowest BCUT2D eigenvalue weighted by Crippen LogP contribution is -2.27. The first-order valence-electron chi connectivity index (χ1n) is 5.78. The lowest BCUT2D eigenvalue weighted by atomic mass is 10.1. The molecule has 1 N–H and O–H groups in total. The Morgan fingerprint density at radius 1 is 1.26 bits per heavy atom. The number of amides is 1. The Morgan fingerprint density at radius 3 is 2.32 bits per heavy atom. The summed E-state index contributed by atoms with van der Waals surface area (Å²) in [5, 5.41) is 2.56. The third-order valence-electron chi connectivity index (χ3n) is 2.07. The molecule has 0 aliphatic heterocycles. The van der Waals surface area contributed by atoms with Crippen LogP contribution in [0, 0.1) is 6.57 Å². The molecular formula is C14H16N2O3. The van der Waals surface area contributed by atoms with Crippen molar-refractivity contribution in [2.24, 2.45) is 0 Å². The number of hydrogen-bond acceptors (Lipinski definition) is 3. The van der Waals surface area contributed by atoms with Crippen LogP contribution in [-0.4, -0.2) is 24.0 Å². The fourth-order valence-electron chi connectivity index (χ4n) is 1.32. The number of anilines is 1. The van der Waals surface area contributed by atoms with E-state index >= 15 is 0 Å². The van der Waals surface area contributed by atoms with Crippen molar-refractivity contribution >= 4 is 17.6 Å². The molecule has 1 rings (SSSR count). The molecule has 0 fully saturated rings. The lowest BCUT2D eigenvalue weighted by molar-refractivity contribution is 0.0636. The summed E-state index contributed by atoms with van der Waals surface area (Å²) in [6.45, 7) is 11.8. The number of nitrogens with one attached hydrogen (secondary N) is 1. The van der Waals surface area contributed by atoms with Gasteiger partial charge in [-0.05, 0) is 45.0 Å². The van der Waals surface area contributed by atoms with E-state index in [2.05, 4.69) is 10.2 Å². The standard InChI is InChI=1S/C14H16N2O3/c1-14(2,3)19-13(18)16-11-7-5-10(6-8-11)12(17)9-15-4/h5-8H,9H2,1-3H3,(H,16,18). The van der Waals surface area contributed by atoms with Crippen molar-refractivity contribution in [2.75, 3.05) is 11.9 Å². The molecule has 0 saturated carbocycles. The molecular weight excluding hydrogens is 244 g/mol. The second kappa shape index (κ2) is 6.01. The Kier molecular flexibility index (Phi) is 4.65. The van der Waals surface area contributed by atoms with E-state index in [9.17, 15) is 9.59 Å². The molecule has 0 bridgehead atoms. The molecule has 1 aromatic rings. The van der Waals surface area contributed by atoms with Crippen LogP contribution >= 0.6 is 0 Å². The maximum Gasteiger partial charge on any atom is 0.412 e. The van der Waals surface area contributed by atoms with Gasteiger partial charge in [-0.1, -0.05) is 0 Å². The Hall–Kier alpha value is -2.35. The highest BCUT2D eigenvalue weighted by Gasteiger charge is 2.16. The molecule has 0 aromatic heterocycles. The van der Waals surface area contributed by atoms with E-state index in [0.29, 0.717) is 11.3 Å². The second-order valence-electron chi connectivity index (χ2n) is 4.94. The quantitative estimate of drug-likeness (QED) is 0.671. The first kappa shape index (κ1) is 14.7. The maximum atomic E-state index is 11.5. The number of rotatable bonds is 3. The normalized spacial score (nSPS) is 10.4. The third-order valence-corrected chi connectivity index (χ3v) is 2.07. The highest BCUT2D eigenvalue weighted by atomic mass is 16.6. The Balaban J connectivity index is 2.65. The molecule has 0 unspecified atom stereocenters. The van der Waals surface area contributed by atoms with Crippen LogP contribution in [0.4, 0.5) is 10.5 Å². The first-order valence-corrected chi connectivity index (χ1v) is 5.78. The van der Waals surface area contributed by atoms with Gasteiger partial charge in [0, 0.05) is 11.3 Å². The molecule has 0 aliphatic carbocycles. The summed E-state index contributed by atoms with van der Waals surface area (Å²) in [5.74, 6) is -0.237. The number of carbonyl (C=O) groups is 2. The molecule has 0 saturated heterocycles. The zero-order chi connectivity index (χ0) is 14.5. The van der Waals surface area contributed by atoms with Crippen molar-refractivity contribution in [3.8, 4) is 0 Å². The number of carbonyl (C=O) groups excluding carboxylic acids is 2. The van der Waals surface area contributed by atoms with Crippen molar-refractivity contribution in [3.05, 3.63) is 41.2 Å². The van der Waals surface area contributed by atoms with Gasteiger partial charge in [-0.25, -0.2) is 11.4 Å². The van der Waals surface area contributed by atoms with Gasteiger partial charge in [0.15, 0.2) is 0 Å². The minimum absolute atomic E-state index is 0.168. The number of ketones is 1. The van der Waals surface area contributed by atoms with Crippen LogP contribution < -0.4 is 5.32 Å². The van der Waals surface area contributed by atoms with Crippen LogP contribution in [0.1, 0.15) is 31.1 Å². The van der Waals surface area contributed by atoms with Crippen LogP contribution in [0.5, 0.6) is 0 Å². The van der Waals surface area contributed by atoms with Crippen LogP contribution in [0.3, 0.4) is 0 Å². The zero-order valence-corrected chi connectivity index (χ0v) is 11.2. The maximum absolute atomic E-state index is 11.5. The fraction of sp³-hybridized carbons (Fsp3) is 0.357. The molecule has 0 aliphatic rings. The van der Waals surface area contributed by atoms with Crippen molar-refractivity contribution in [3.63, 3.8) is 0 Å². The minimum Gasteiger partial charge on any atom is -0.444 e. The molecule has 1 aromatic carbocycles. The average molecular weight is 260 g/mol. The van der Waals surface area contributed by atoms with E-state index in [1.807, 2.05) is 0 Å². The van der Waals surface area contributed by atoms with E-state index in [1.165, 1.54) is 0 Å². The van der Waals surface area contributed by atoms with Crippen molar-refractivity contribution in [1.29, 1.82) is 0 Å². The zero-order valence-electron chi connectivity index (χ0n) is 11.2. The number of nitrogens with zero attached hydrogens (tertiary/aromatic N) is 1. The Labute approximate surface area is 112 Å². The molecule has 5 heteroatoms. The molecule has 0 heterocycles. The lowest BCUT2D eigenvalue weighted by Gasteiger charge is -2.19. The van der Waals surface area contributed by atoms with Gasteiger partial charge in [-0.2, -0.15) is 0 Å². The number of benzene rings is 1. The fourth-order valence-corrected chi connectivity index (χ4v) is 1.32. The van der Waals surface area contributed by atoms with E-state index < -0.39 is 11.7 Å². The summed E-state index contributed by atoms with van der Waals surface area (Å²) >= 11 is 0. The van der Waals surface area contributed by atoms with Gasteiger partial charge in [-0.15, -0.1) is 0 Å².